The fourth-order valence-electron chi connectivity index (χ4n) is 4.18. The number of fused-ring (bicyclic) bond motifs is 1. The third-order valence-electron chi connectivity index (χ3n) is 6.23. The van der Waals surface area contributed by atoms with Crippen LogP contribution in [0.4, 0.5) is 0 Å². The lowest BCUT2D eigenvalue weighted by atomic mass is 10.0. The van der Waals surface area contributed by atoms with Gasteiger partial charge in [0.25, 0.3) is 5.91 Å². The first-order valence-electron chi connectivity index (χ1n) is 11.6. The predicted molar refractivity (Wildman–Crippen MR) is 129 cm³/mol. The lowest BCUT2D eigenvalue weighted by molar-refractivity contribution is -0.127. The minimum absolute atomic E-state index is 0.162. The molecule has 182 valence electrons. The predicted octanol–water partition coefficient (Wildman–Crippen LogP) is 2.72. The summed E-state index contributed by atoms with van der Waals surface area (Å²) in [6.45, 7) is 6.80. The second-order valence-electron chi connectivity index (χ2n) is 8.88. The number of aromatic nitrogens is 3. The van der Waals surface area contributed by atoms with Crippen molar-refractivity contribution in [1.82, 2.24) is 24.8 Å². The first-order valence-corrected chi connectivity index (χ1v) is 13.1. The van der Waals surface area contributed by atoms with Crippen LogP contribution in [-0.2, 0) is 21.2 Å². The van der Waals surface area contributed by atoms with Crippen molar-refractivity contribution in [3.05, 3.63) is 53.6 Å². The van der Waals surface area contributed by atoms with Gasteiger partial charge in [-0.05, 0) is 66.6 Å². The molecule has 2 heterocycles. The molecule has 1 aliphatic rings. The summed E-state index contributed by atoms with van der Waals surface area (Å²) < 4.78 is 27.8. The Morgan fingerprint density at radius 2 is 2.00 bits per heavy atom. The van der Waals surface area contributed by atoms with Crippen molar-refractivity contribution < 1.29 is 18.0 Å². The van der Waals surface area contributed by atoms with Crippen molar-refractivity contribution >= 4 is 27.0 Å². The largest absolute Gasteiger partial charge is 0.385 e. The van der Waals surface area contributed by atoms with Crippen LogP contribution in [0.2, 0.25) is 0 Å². The van der Waals surface area contributed by atoms with Gasteiger partial charge in [0, 0.05) is 13.1 Å². The summed E-state index contributed by atoms with van der Waals surface area (Å²) in [5.74, 6) is 0.00932. The Morgan fingerprint density at radius 1 is 1.24 bits per heavy atom. The minimum atomic E-state index is -3.63. The van der Waals surface area contributed by atoms with Crippen LogP contribution in [0.15, 0.2) is 47.4 Å². The standard InChI is InChI=1S/C24H31N5O4S/c1-4-19-7-9-20(10-8-19)18(3)25-24(30)16-33-29-23-14-21(11-12-22(23)26-27-29)34(31,32)28-13-5-6-17(2)15-28/h7-12,14,17-18H,4-6,13,15-16H2,1-3H3,(H,25,30). The van der Waals surface area contributed by atoms with E-state index in [4.69, 9.17) is 4.84 Å². The molecule has 2 unspecified atom stereocenters. The first-order chi connectivity index (χ1) is 16.3. The Bertz CT molecular complexity index is 1260. The van der Waals surface area contributed by atoms with Gasteiger partial charge in [0.2, 0.25) is 10.0 Å². The molecule has 1 fully saturated rings. The number of rotatable bonds is 8. The van der Waals surface area contributed by atoms with Crippen molar-refractivity contribution in [1.29, 1.82) is 0 Å². The number of sulfonamides is 1. The molecule has 9 nitrogen and oxygen atoms in total. The third-order valence-corrected chi connectivity index (χ3v) is 8.09. The molecule has 0 radical (unpaired) electrons. The number of aryl methyl sites for hydroxylation is 1. The first kappa shape index (κ1) is 24.2. The van der Waals surface area contributed by atoms with E-state index in [2.05, 4.69) is 29.5 Å². The SMILES string of the molecule is CCc1ccc(C(C)NC(=O)COn2nnc3ccc(S(=O)(=O)N4CCCC(C)C4)cc32)cc1. The highest BCUT2D eigenvalue weighted by molar-refractivity contribution is 7.89. The summed E-state index contributed by atoms with van der Waals surface area (Å²) in [6.07, 6.45) is 2.84. The monoisotopic (exact) mass is 485 g/mol. The Hall–Kier alpha value is -2.98. The molecule has 10 heteroatoms. The second-order valence-corrected chi connectivity index (χ2v) is 10.8. The molecule has 3 aromatic rings. The normalized spacial score (nSPS) is 18.0. The number of benzene rings is 2. The molecule has 0 bridgehead atoms. The zero-order valence-corrected chi connectivity index (χ0v) is 20.6. The van der Waals surface area contributed by atoms with Crippen molar-refractivity contribution in [3.63, 3.8) is 0 Å². The lowest BCUT2D eigenvalue weighted by Gasteiger charge is -2.30. The number of carbonyl (C=O) groups is 1. The molecular formula is C24H31N5O4S. The van der Waals surface area contributed by atoms with Crippen molar-refractivity contribution in [2.24, 2.45) is 5.92 Å². The summed E-state index contributed by atoms with van der Waals surface area (Å²) in [7, 11) is -3.63. The molecule has 1 amide bonds. The van der Waals surface area contributed by atoms with Gasteiger partial charge in [-0.3, -0.25) is 4.79 Å². The zero-order chi connectivity index (χ0) is 24.3. The van der Waals surface area contributed by atoms with Gasteiger partial charge in [0.05, 0.1) is 10.9 Å². The lowest BCUT2D eigenvalue weighted by Crippen LogP contribution is -2.39. The van der Waals surface area contributed by atoms with Crippen molar-refractivity contribution in [2.45, 2.75) is 51.0 Å². The maximum Gasteiger partial charge on any atom is 0.261 e. The fraction of sp³-hybridized carbons (Fsp3) is 0.458. The van der Waals surface area contributed by atoms with Crippen LogP contribution in [0, 0.1) is 5.92 Å². The molecule has 34 heavy (non-hydrogen) atoms. The molecule has 0 saturated carbocycles. The van der Waals surface area contributed by atoms with E-state index in [0.29, 0.717) is 30.0 Å². The molecule has 1 aromatic heterocycles. The molecule has 2 atom stereocenters. The van der Waals surface area contributed by atoms with Gasteiger partial charge in [-0.15, -0.1) is 5.10 Å². The van der Waals surface area contributed by atoms with Crippen LogP contribution in [0.25, 0.3) is 11.0 Å². The van der Waals surface area contributed by atoms with Crippen LogP contribution < -0.4 is 10.2 Å². The summed E-state index contributed by atoms with van der Waals surface area (Å²) in [5, 5.41) is 10.8. The van der Waals surface area contributed by atoms with E-state index >= 15 is 0 Å². The summed E-state index contributed by atoms with van der Waals surface area (Å²) in [5.41, 5.74) is 3.11. The van der Waals surface area contributed by atoms with E-state index in [1.807, 2.05) is 31.2 Å². The highest BCUT2D eigenvalue weighted by atomic mass is 32.2. The Labute approximate surface area is 200 Å². The van der Waals surface area contributed by atoms with Crippen LogP contribution in [-0.4, -0.2) is 53.5 Å². The highest BCUT2D eigenvalue weighted by Crippen LogP contribution is 2.25. The maximum atomic E-state index is 13.1. The van der Waals surface area contributed by atoms with Crippen LogP contribution in [0.5, 0.6) is 0 Å². The molecule has 4 rings (SSSR count). The average molecular weight is 486 g/mol. The second kappa shape index (κ2) is 10.1. The molecule has 1 aliphatic heterocycles. The Morgan fingerprint density at radius 3 is 2.71 bits per heavy atom. The highest BCUT2D eigenvalue weighted by Gasteiger charge is 2.29. The molecule has 2 aromatic carbocycles. The van der Waals surface area contributed by atoms with Crippen LogP contribution >= 0.6 is 0 Å². The molecule has 1 N–H and O–H groups in total. The topological polar surface area (TPSA) is 106 Å². The molecule has 0 spiro atoms. The van der Waals surface area contributed by atoms with Gasteiger partial charge in [-0.1, -0.05) is 43.0 Å². The van der Waals surface area contributed by atoms with Gasteiger partial charge in [-0.25, -0.2) is 8.42 Å². The van der Waals surface area contributed by atoms with E-state index in [0.717, 1.165) is 29.7 Å². The molecule has 1 saturated heterocycles. The smallest absolute Gasteiger partial charge is 0.261 e. The summed E-state index contributed by atoms with van der Waals surface area (Å²) >= 11 is 0. The van der Waals surface area contributed by atoms with Crippen molar-refractivity contribution in [2.75, 3.05) is 19.7 Å². The number of carbonyl (C=O) groups excluding carboxylic acids is 1. The van der Waals surface area contributed by atoms with Crippen LogP contribution in [0.1, 0.15) is 50.8 Å². The maximum absolute atomic E-state index is 13.1. The number of piperidine rings is 1. The van der Waals surface area contributed by atoms with Gasteiger partial charge in [0.15, 0.2) is 6.61 Å². The van der Waals surface area contributed by atoms with E-state index < -0.39 is 10.0 Å². The quantitative estimate of drug-likeness (QED) is 0.526. The Kier molecular flexibility index (Phi) is 7.18. The van der Waals surface area contributed by atoms with E-state index in [9.17, 15) is 13.2 Å². The number of hydrogen-bond donors (Lipinski definition) is 1. The van der Waals surface area contributed by atoms with Crippen LogP contribution in [0.3, 0.4) is 0 Å². The number of nitrogens with one attached hydrogen (secondary N) is 1. The van der Waals surface area contributed by atoms with Crippen molar-refractivity contribution in [3.8, 4) is 0 Å². The third kappa shape index (κ3) is 5.23. The van der Waals surface area contributed by atoms with Gasteiger partial charge in [-0.2, -0.15) is 4.31 Å². The summed E-state index contributed by atoms with van der Waals surface area (Å²) in [6, 6.07) is 12.6. The average Bonchev–Trinajstić information content (AvgIpc) is 3.25. The number of nitrogens with zero attached hydrogens (tertiary/aromatic N) is 4. The van der Waals surface area contributed by atoms with Gasteiger partial charge in [0.1, 0.15) is 11.0 Å². The molecular weight excluding hydrogens is 454 g/mol. The number of amides is 1. The Balaban J connectivity index is 1.43. The van der Waals surface area contributed by atoms with E-state index in [-0.39, 0.29) is 23.5 Å². The van der Waals surface area contributed by atoms with E-state index in [1.54, 1.807) is 6.07 Å². The molecule has 0 aliphatic carbocycles. The minimum Gasteiger partial charge on any atom is -0.385 e. The number of hydrogen-bond acceptors (Lipinski definition) is 6. The van der Waals surface area contributed by atoms with Gasteiger partial charge >= 0.3 is 0 Å². The summed E-state index contributed by atoms with van der Waals surface area (Å²) in [4.78, 5) is 19.3. The van der Waals surface area contributed by atoms with E-state index in [1.165, 1.54) is 22.0 Å². The zero-order valence-electron chi connectivity index (χ0n) is 19.8. The van der Waals surface area contributed by atoms with Gasteiger partial charge < -0.3 is 10.2 Å². The fourth-order valence-corrected chi connectivity index (χ4v) is 5.79.